The van der Waals surface area contributed by atoms with Gasteiger partial charge in [-0.15, -0.1) is 0 Å². The quantitative estimate of drug-likeness (QED) is 0.422. The van der Waals surface area contributed by atoms with Crippen LogP contribution < -0.4 is 4.72 Å². The summed E-state index contributed by atoms with van der Waals surface area (Å²) in [5.74, 6) is 0. The van der Waals surface area contributed by atoms with Gasteiger partial charge in [-0.25, -0.2) is 13.1 Å². The lowest BCUT2D eigenvalue weighted by atomic mass is 10.2. The first-order chi connectivity index (χ1) is 8.97. The molecule has 0 saturated carbocycles. The Hall–Kier alpha value is -1.51. The summed E-state index contributed by atoms with van der Waals surface area (Å²) in [5.41, 5.74) is -0.261. The van der Waals surface area contributed by atoms with Crippen molar-refractivity contribution in [3.63, 3.8) is 0 Å². The van der Waals surface area contributed by atoms with Gasteiger partial charge in [-0.3, -0.25) is 10.1 Å². The van der Waals surface area contributed by atoms with Crippen LogP contribution in [0, 0.1) is 10.1 Å². The fraction of sp³-hybridized carbons (Fsp3) is 0.455. The average Bonchev–Trinajstić information content (AvgIpc) is 2.38. The minimum Gasteiger partial charge on any atom is -0.396 e. The maximum atomic E-state index is 11.9. The smallest absolute Gasteiger partial charge is 0.270 e. The zero-order chi connectivity index (χ0) is 14.3. The maximum absolute atomic E-state index is 11.9. The second-order valence-electron chi connectivity index (χ2n) is 3.94. The molecule has 0 aliphatic carbocycles. The van der Waals surface area contributed by atoms with Crippen LogP contribution in [0.3, 0.4) is 0 Å². The van der Waals surface area contributed by atoms with E-state index in [1.54, 1.807) is 0 Å². The Labute approximate surface area is 111 Å². The number of nitrogens with zero attached hydrogens (tertiary/aromatic N) is 1. The van der Waals surface area contributed by atoms with Crippen LogP contribution in [0.2, 0.25) is 0 Å². The molecule has 0 unspecified atom stereocenters. The third-order valence-corrected chi connectivity index (χ3v) is 3.92. The number of aliphatic hydroxyl groups excluding tert-OH is 1. The van der Waals surface area contributed by atoms with Gasteiger partial charge >= 0.3 is 0 Å². The summed E-state index contributed by atoms with van der Waals surface area (Å²) in [5, 5.41) is 19.2. The van der Waals surface area contributed by atoms with Gasteiger partial charge in [0.15, 0.2) is 0 Å². The number of nitrogens with one attached hydrogen (secondary N) is 1. The molecule has 0 saturated heterocycles. The van der Waals surface area contributed by atoms with Crippen LogP contribution in [0.5, 0.6) is 0 Å². The highest BCUT2D eigenvalue weighted by Gasteiger charge is 2.16. The monoisotopic (exact) mass is 288 g/mol. The molecule has 0 amide bonds. The number of hydrogen-bond acceptors (Lipinski definition) is 5. The average molecular weight is 288 g/mol. The molecule has 1 aromatic rings. The van der Waals surface area contributed by atoms with Gasteiger partial charge in [-0.2, -0.15) is 0 Å². The molecule has 0 heterocycles. The molecule has 0 aromatic heterocycles. The molecule has 0 aliphatic heterocycles. The van der Waals surface area contributed by atoms with Crippen LogP contribution in [-0.4, -0.2) is 31.6 Å². The molecular weight excluding hydrogens is 272 g/mol. The van der Waals surface area contributed by atoms with E-state index in [1.807, 2.05) is 0 Å². The Morgan fingerprint density at radius 3 is 2.63 bits per heavy atom. The molecular formula is C11H16N2O5S. The maximum Gasteiger partial charge on any atom is 0.270 e. The van der Waals surface area contributed by atoms with Crippen LogP contribution in [0.1, 0.15) is 19.3 Å². The van der Waals surface area contributed by atoms with Crippen molar-refractivity contribution in [1.82, 2.24) is 4.72 Å². The predicted octanol–water partition coefficient (Wildman–Crippen LogP) is 1.04. The lowest BCUT2D eigenvalue weighted by Gasteiger charge is -2.06. The molecule has 0 atom stereocenters. The van der Waals surface area contributed by atoms with E-state index in [4.69, 9.17) is 5.11 Å². The fourth-order valence-corrected chi connectivity index (χ4v) is 2.58. The zero-order valence-electron chi connectivity index (χ0n) is 10.3. The summed E-state index contributed by atoms with van der Waals surface area (Å²) in [6.07, 6.45) is 1.95. The highest BCUT2D eigenvalue weighted by Crippen LogP contribution is 2.17. The van der Waals surface area contributed by atoms with Crippen LogP contribution in [0.25, 0.3) is 0 Å². The molecule has 1 rings (SSSR count). The molecule has 19 heavy (non-hydrogen) atoms. The van der Waals surface area contributed by atoms with Crippen molar-refractivity contribution in [2.45, 2.75) is 24.2 Å². The number of nitro groups is 1. The van der Waals surface area contributed by atoms with Crippen molar-refractivity contribution in [2.24, 2.45) is 0 Å². The van der Waals surface area contributed by atoms with Gasteiger partial charge in [0.25, 0.3) is 5.69 Å². The molecule has 7 nitrogen and oxygen atoms in total. The fourth-order valence-electron chi connectivity index (χ4n) is 1.47. The molecule has 0 fully saturated rings. The third-order valence-electron chi connectivity index (χ3n) is 2.47. The number of rotatable bonds is 8. The van der Waals surface area contributed by atoms with E-state index in [-0.39, 0.29) is 23.7 Å². The summed E-state index contributed by atoms with van der Waals surface area (Å²) < 4.78 is 26.1. The molecule has 0 radical (unpaired) electrons. The SMILES string of the molecule is O=[N+]([O-])c1cccc(S(=O)(=O)NCCCCCO)c1. The Bertz CT molecular complexity index is 530. The first-order valence-electron chi connectivity index (χ1n) is 5.82. The van der Waals surface area contributed by atoms with E-state index in [1.165, 1.54) is 18.2 Å². The third kappa shape index (κ3) is 4.93. The molecule has 106 valence electrons. The topological polar surface area (TPSA) is 110 Å². The largest absolute Gasteiger partial charge is 0.396 e. The van der Waals surface area contributed by atoms with Gasteiger partial charge in [-0.1, -0.05) is 6.07 Å². The van der Waals surface area contributed by atoms with Crippen molar-refractivity contribution < 1.29 is 18.4 Å². The van der Waals surface area contributed by atoms with Crippen LogP contribution in [0.4, 0.5) is 5.69 Å². The first kappa shape index (κ1) is 15.5. The molecule has 0 aliphatic rings. The number of hydrogen-bond donors (Lipinski definition) is 2. The number of aliphatic hydroxyl groups is 1. The van der Waals surface area contributed by atoms with Gasteiger partial charge in [0.2, 0.25) is 10.0 Å². The predicted molar refractivity (Wildman–Crippen MR) is 69.2 cm³/mol. The van der Waals surface area contributed by atoms with Gasteiger partial charge in [-0.05, 0) is 25.3 Å². The van der Waals surface area contributed by atoms with E-state index in [2.05, 4.69) is 4.72 Å². The van der Waals surface area contributed by atoms with Crippen molar-refractivity contribution >= 4 is 15.7 Å². The van der Waals surface area contributed by atoms with Crippen molar-refractivity contribution in [3.8, 4) is 0 Å². The molecule has 0 spiro atoms. The van der Waals surface area contributed by atoms with Gasteiger partial charge < -0.3 is 5.11 Å². The minimum absolute atomic E-state index is 0.0810. The number of non-ortho nitro benzene ring substituents is 1. The van der Waals surface area contributed by atoms with Gasteiger partial charge in [0.05, 0.1) is 9.82 Å². The Kier molecular flexibility index (Phi) is 5.87. The lowest BCUT2D eigenvalue weighted by Crippen LogP contribution is -2.24. The Morgan fingerprint density at radius 2 is 2.00 bits per heavy atom. The molecule has 1 aromatic carbocycles. The lowest BCUT2D eigenvalue weighted by molar-refractivity contribution is -0.385. The highest BCUT2D eigenvalue weighted by molar-refractivity contribution is 7.89. The van der Waals surface area contributed by atoms with E-state index < -0.39 is 14.9 Å². The molecule has 0 bridgehead atoms. The van der Waals surface area contributed by atoms with Gasteiger partial charge in [0, 0.05) is 25.3 Å². The number of benzene rings is 1. The second kappa shape index (κ2) is 7.17. The number of sulfonamides is 1. The van der Waals surface area contributed by atoms with Crippen LogP contribution >= 0.6 is 0 Å². The van der Waals surface area contributed by atoms with E-state index in [9.17, 15) is 18.5 Å². The Morgan fingerprint density at radius 1 is 1.26 bits per heavy atom. The van der Waals surface area contributed by atoms with Crippen molar-refractivity contribution in [1.29, 1.82) is 0 Å². The zero-order valence-corrected chi connectivity index (χ0v) is 11.1. The van der Waals surface area contributed by atoms with Crippen molar-refractivity contribution in [2.75, 3.05) is 13.2 Å². The van der Waals surface area contributed by atoms with Crippen LogP contribution in [0.15, 0.2) is 29.2 Å². The van der Waals surface area contributed by atoms with E-state index in [0.29, 0.717) is 19.3 Å². The van der Waals surface area contributed by atoms with E-state index >= 15 is 0 Å². The summed E-state index contributed by atoms with van der Waals surface area (Å²) in [4.78, 5) is 9.82. The summed E-state index contributed by atoms with van der Waals surface area (Å²) >= 11 is 0. The minimum atomic E-state index is -3.72. The summed E-state index contributed by atoms with van der Waals surface area (Å²) in [7, 11) is -3.72. The molecule has 8 heteroatoms. The second-order valence-corrected chi connectivity index (χ2v) is 5.70. The standard InChI is InChI=1S/C11H16N2O5S/c14-8-3-1-2-7-12-19(17,18)11-6-4-5-10(9-11)13(15)16/h4-6,9,12,14H,1-3,7-8H2. The first-order valence-corrected chi connectivity index (χ1v) is 7.30. The summed E-state index contributed by atoms with van der Waals surface area (Å²) in [6.45, 7) is 0.322. The molecule has 2 N–H and O–H groups in total. The van der Waals surface area contributed by atoms with Gasteiger partial charge in [0.1, 0.15) is 0 Å². The number of unbranched alkanes of at least 4 members (excludes halogenated alkanes) is 2. The van der Waals surface area contributed by atoms with E-state index in [0.717, 1.165) is 6.07 Å². The van der Waals surface area contributed by atoms with Crippen LogP contribution in [-0.2, 0) is 10.0 Å². The normalized spacial score (nSPS) is 11.4. The van der Waals surface area contributed by atoms with Crippen molar-refractivity contribution in [3.05, 3.63) is 34.4 Å². The number of nitro benzene ring substituents is 1. The summed E-state index contributed by atoms with van der Waals surface area (Å²) in [6, 6.07) is 4.90. The Balaban J connectivity index is 2.66. The highest BCUT2D eigenvalue weighted by atomic mass is 32.2.